The topological polar surface area (TPSA) is 126 Å². The Morgan fingerprint density at radius 1 is 0.978 bits per heavy atom. The molecule has 1 heterocycles. The highest BCUT2D eigenvalue weighted by atomic mass is 16.5. The fourth-order valence-electron chi connectivity index (χ4n) is 6.33. The zero-order valence-electron chi connectivity index (χ0n) is 25.9. The lowest BCUT2D eigenvalue weighted by molar-refractivity contribution is -0.130. The number of carbonyl (C=O) groups is 4. The van der Waals surface area contributed by atoms with Crippen molar-refractivity contribution in [3.05, 3.63) is 96.6 Å². The van der Waals surface area contributed by atoms with Crippen LogP contribution in [0.25, 0.3) is 10.8 Å². The third-order valence-electron chi connectivity index (χ3n) is 8.82. The minimum atomic E-state index is -1.01. The van der Waals surface area contributed by atoms with E-state index in [2.05, 4.69) is 27.8 Å². The van der Waals surface area contributed by atoms with E-state index < -0.39 is 29.6 Å². The molecule has 4 N–H and O–H groups in total. The van der Waals surface area contributed by atoms with Crippen LogP contribution in [-0.4, -0.2) is 48.0 Å². The Morgan fingerprint density at radius 2 is 1.71 bits per heavy atom. The van der Waals surface area contributed by atoms with Gasteiger partial charge in [0.2, 0.25) is 17.7 Å². The molecule has 2 aliphatic rings. The summed E-state index contributed by atoms with van der Waals surface area (Å²) in [5.41, 5.74) is 1.01. The number of carbonyl (C=O) groups excluding carboxylic acids is 4. The van der Waals surface area contributed by atoms with E-state index in [4.69, 9.17) is 4.74 Å². The fraction of sp³-hybridized carbons (Fsp3) is 0.389. The van der Waals surface area contributed by atoms with E-state index in [9.17, 15) is 19.2 Å². The van der Waals surface area contributed by atoms with Gasteiger partial charge in [-0.05, 0) is 53.0 Å². The average molecular weight is 611 g/mol. The molecule has 0 spiro atoms. The second kappa shape index (κ2) is 14.0. The SMILES string of the molecule is C=CC1(NC(=O)[C@H](CC(C)C)NC(=O)[C@H](Cc2cccc3ccccc23)NC(=O)OCc2ccccc2)CC1[C@@H]1CCNC1=O. The summed E-state index contributed by atoms with van der Waals surface area (Å²) in [5.74, 6) is -0.929. The van der Waals surface area contributed by atoms with Crippen LogP contribution in [0, 0.1) is 17.8 Å². The molecular weight excluding hydrogens is 568 g/mol. The molecule has 1 saturated carbocycles. The Labute approximate surface area is 264 Å². The number of benzene rings is 3. The van der Waals surface area contributed by atoms with Gasteiger partial charge in [0.15, 0.2) is 0 Å². The third kappa shape index (κ3) is 7.71. The van der Waals surface area contributed by atoms with Crippen LogP contribution in [0.15, 0.2) is 85.5 Å². The molecule has 2 fully saturated rings. The number of nitrogens with one attached hydrogen (secondary N) is 4. The maximum Gasteiger partial charge on any atom is 0.408 e. The third-order valence-corrected chi connectivity index (χ3v) is 8.82. The molecule has 0 radical (unpaired) electrons. The molecule has 3 aromatic carbocycles. The van der Waals surface area contributed by atoms with Crippen LogP contribution in [0.4, 0.5) is 4.79 Å². The van der Waals surface area contributed by atoms with Gasteiger partial charge in [0, 0.05) is 18.9 Å². The summed E-state index contributed by atoms with van der Waals surface area (Å²) in [5, 5.41) is 13.6. The lowest BCUT2D eigenvalue weighted by Gasteiger charge is -2.26. The second-order valence-corrected chi connectivity index (χ2v) is 12.5. The summed E-state index contributed by atoms with van der Waals surface area (Å²) < 4.78 is 5.46. The molecule has 1 saturated heterocycles. The van der Waals surface area contributed by atoms with Crippen molar-refractivity contribution in [1.29, 1.82) is 0 Å². The Balaban J connectivity index is 1.33. The van der Waals surface area contributed by atoms with Crippen molar-refractivity contribution in [2.45, 2.75) is 63.8 Å². The molecule has 9 heteroatoms. The van der Waals surface area contributed by atoms with E-state index in [1.54, 1.807) is 6.08 Å². The predicted molar refractivity (Wildman–Crippen MR) is 173 cm³/mol. The maximum absolute atomic E-state index is 13.9. The molecule has 236 valence electrons. The lowest BCUT2D eigenvalue weighted by atomic mass is 9.96. The van der Waals surface area contributed by atoms with Crippen molar-refractivity contribution >= 4 is 34.6 Å². The van der Waals surface area contributed by atoms with Crippen molar-refractivity contribution in [2.75, 3.05) is 6.54 Å². The number of hydrogen-bond acceptors (Lipinski definition) is 5. The van der Waals surface area contributed by atoms with Gasteiger partial charge in [-0.1, -0.05) is 92.7 Å². The highest BCUT2D eigenvalue weighted by Gasteiger charge is 2.59. The normalized spacial score (nSPS) is 21.8. The minimum absolute atomic E-state index is 0.00603. The first-order valence-electron chi connectivity index (χ1n) is 15.7. The molecule has 45 heavy (non-hydrogen) atoms. The van der Waals surface area contributed by atoms with Crippen molar-refractivity contribution in [3.63, 3.8) is 0 Å². The number of amides is 4. The van der Waals surface area contributed by atoms with E-state index in [0.717, 1.165) is 28.3 Å². The molecule has 3 aromatic rings. The summed E-state index contributed by atoms with van der Waals surface area (Å²) in [6, 6.07) is 21.1. The Bertz CT molecular complexity index is 1550. The Hall–Kier alpha value is -4.66. The zero-order valence-corrected chi connectivity index (χ0v) is 25.9. The Morgan fingerprint density at radius 3 is 2.42 bits per heavy atom. The van der Waals surface area contributed by atoms with Gasteiger partial charge in [-0.25, -0.2) is 4.79 Å². The van der Waals surface area contributed by atoms with Crippen LogP contribution in [0.3, 0.4) is 0 Å². The molecule has 4 amide bonds. The zero-order chi connectivity index (χ0) is 32.0. The van der Waals surface area contributed by atoms with E-state index >= 15 is 0 Å². The highest BCUT2D eigenvalue weighted by molar-refractivity contribution is 5.93. The van der Waals surface area contributed by atoms with Crippen LogP contribution in [0.1, 0.15) is 44.2 Å². The first-order valence-corrected chi connectivity index (χ1v) is 15.7. The molecule has 1 aliphatic carbocycles. The van der Waals surface area contributed by atoms with Gasteiger partial charge in [0.1, 0.15) is 18.7 Å². The number of hydrogen-bond donors (Lipinski definition) is 4. The van der Waals surface area contributed by atoms with Crippen LogP contribution in [0.2, 0.25) is 0 Å². The van der Waals surface area contributed by atoms with Crippen molar-refractivity contribution in [3.8, 4) is 0 Å². The van der Waals surface area contributed by atoms with Crippen molar-refractivity contribution in [2.24, 2.45) is 17.8 Å². The molecule has 0 bridgehead atoms. The molecule has 2 unspecified atom stereocenters. The van der Waals surface area contributed by atoms with Gasteiger partial charge >= 0.3 is 6.09 Å². The van der Waals surface area contributed by atoms with Gasteiger partial charge in [-0.2, -0.15) is 0 Å². The quantitative estimate of drug-likeness (QED) is 0.214. The first-order chi connectivity index (χ1) is 21.7. The summed E-state index contributed by atoms with van der Waals surface area (Å²) in [6.45, 7) is 8.59. The number of ether oxygens (including phenoxy) is 1. The number of rotatable bonds is 13. The summed E-state index contributed by atoms with van der Waals surface area (Å²) >= 11 is 0. The van der Waals surface area contributed by atoms with Crippen molar-refractivity contribution in [1.82, 2.24) is 21.3 Å². The molecule has 1 aliphatic heterocycles. The summed E-state index contributed by atoms with van der Waals surface area (Å²) in [6.07, 6.45) is 2.91. The van der Waals surface area contributed by atoms with E-state index in [1.807, 2.05) is 86.6 Å². The standard InChI is InChI=1S/C36H42N4O5/c1-4-36(21-29(36)28-17-18-37-32(28)41)40-34(43)30(19-23(2)3)38-33(42)31(39-35(44)45-22-24-11-6-5-7-12-24)20-26-15-10-14-25-13-8-9-16-27(25)26/h4-16,23,28-31H,1,17-22H2,2-3H3,(H,37,41)(H,38,42)(H,39,44)(H,40,43)/t28-,29?,30-,31-,36?/m0/s1. The van der Waals surface area contributed by atoms with Gasteiger partial charge < -0.3 is 26.0 Å². The number of fused-ring (bicyclic) bond motifs is 1. The Kier molecular flexibility index (Phi) is 9.86. The van der Waals surface area contributed by atoms with Gasteiger partial charge in [-0.15, -0.1) is 6.58 Å². The molecule has 0 aromatic heterocycles. The minimum Gasteiger partial charge on any atom is -0.445 e. The largest absolute Gasteiger partial charge is 0.445 e. The van der Waals surface area contributed by atoms with Crippen molar-refractivity contribution < 1.29 is 23.9 Å². The summed E-state index contributed by atoms with van der Waals surface area (Å²) in [7, 11) is 0. The monoisotopic (exact) mass is 610 g/mol. The lowest BCUT2D eigenvalue weighted by Crippen LogP contribution is -2.56. The first kappa shape index (κ1) is 31.8. The molecule has 5 rings (SSSR count). The van der Waals surface area contributed by atoms with Crippen LogP contribution < -0.4 is 21.3 Å². The molecule has 9 nitrogen and oxygen atoms in total. The number of alkyl carbamates (subject to hydrolysis) is 1. The van der Waals surface area contributed by atoms with Gasteiger partial charge in [-0.3, -0.25) is 14.4 Å². The maximum atomic E-state index is 13.9. The van der Waals surface area contributed by atoms with Gasteiger partial charge in [0.25, 0.3) is 0 Å². The van der Waals surface area contributed by atoms with Gasteiger partial charge in [0.05, 0.1) is 5.54 Å². The molecule has 5 atom stereocenters. The van der Waals surface area contributed by atoms with Crippen LogP contribution in [-0.2, 0) is 32.1 Å². The molecular formula is C36H42N4O5. The smallest absolute Gasteiger partial charge is 0.408 e. The van der Waals surface area contributed by atoms with Crippen LogP contribution in [0.5, 0.6) is 0 Å². The second-order valence-electron chi connectivity index (χ2n) is 12.5. The van der Waals surface area contributed by atoms with Crippen LogP contribution >= 0.6 is 0 Å². The average Bonchev–Trinajstić information content (AvgIpc) is 3.58. The van der Waals surface area contributed by atoms with E-state index in [1.165, 1.54) is 0 Å². The van der Waals surface area contributed by atoms with E-state index in [0.29, 0.717) is 19.4 Å². The highest BCUT2D eigenvalue weighted by Crippen LogP contribution is 2.51. The fourth-order valence-corrected chi connectivity index (χ4v) is 6.33. The summed E-state index contributed by atoms with van der Waals surface area (Å²) in [4.78, 5) is 52.9. The predicted octanol–water partition coefficient (Wildman–Crippen LogP) is 4.41. The van der Waals surface area contributed by atoms with E-state index in [-0.39, 0.29) is 42.6 Å².